The molecule has 0 unspecified atom stereocenters. The zero-order valence-corrected chi connectivity index (χ0v) is 24.3. The first kappa shape index (κ1) is 29.5. The molecule has 3 aromatic rings. The molecular weight excluding hydrogens is 561 g/mol. The quantitative estimate of drug-likeness (QED) is 0.279. The molecule has 0 saturated heterocycles. The van der Waals surface area contributed by atoms with Crippen LogP contribution in [0, 0.1) is 23.6 Å². The number of carbonyl (C=O) groups excluding carboxylic acids is 2. The van der Waals surface area contributed by atoms with Crippen molar-refractivity contribution in [3.8, 4) is 0 Å². The predicted octanol–water partition coefficient (Wildman–Crippen LogP) is 5.35. The van der Waals surface area contributed by atoms with Crippen molar-refractivity contribution in [1.29, 1.82) is 0 Å². The van der Waals surface area contributed by atoms with E-state index >= 15 is 0 Å². The SMILES string of the molecule is CC(C)C[C@H](NC(=O)c1cc2ccccc2s1)C(=O)NC[C@@H]1CCC[C@H]1CNS(=O)(=O)c1ccc(F)cc1Cl. The molecule has 2 amide bonds. The molecule has 1 aromatic heterocycles. The third-order valence-corrected chi connectivity index (χ3v) is 10.1. The fourth-order valence-electron chi connectivity index (χ4n) is 5.02. The van der Waals surface area contributed by atoms with Gasteiger partial charge < -0.3 is 10.6 Å². The van der Waals surface area contributed by atoms with Crippen LogP contribution in [0.2, 0.25) is 5.02 Å². The Morgan fingerprint density at radius 1 is 1.08 bits per heavy atom. The van der Waals surface area contributed by atoms with E-state index in [0.717, 1.165) is 47.5 Å². The van der Waals surface area contributed by atoms with Gasteiger partial charge in [0, 0.05) is 17.8 Å². The highest BCUT2D eigenvalue weighted by molar-refractivity contribution is 7.89. The number of hydrogen-bond donors (Lipinski definition) is 3. The van der Waals surface area contributed by atoms with E-state index in [4.69, 9.17) is 11.6 Å². The van der Waals surface area contributed by atoms with Gasteiger partial charge in [-0.2, -0.15) is 0 Å². The van der Waals surface area contributed by atoms with Crippen LogP contribution in [0.4, 0.5) is 4.39 Å². The second kappa shape index (κ2) is 12.8. The minimum absolute atomic E-state index is 0.0241. The molecule has 1 aliphatic rings. The number of thiophene rings is 1. The van der Waals surface area contributed by atoms with E-state index in [1.807, 2.05) is 44.2 Å². The molecule has 0 bridgehead atoms. The summed E-state index contributed by atoms with van der Waals surface area (Å²) in [5, 5.41) is 6.72. The lowest BCUT2D eigenvalue weighted by molar-refractivity contribution is -0.123. The van der Waals surface area contributed by atoms with E-state index < -0.39 is 21.9 Å². The molecule has 0 aliphatic heterocycles. The highest BCUT2D eigenvalue weighted by Gasteiger charge is 2.31. The van der Waals surface area contributed by atoms with Crippen LogP contribution in [0.15, 0.2) is 53.4 Å². The number of nitrogens with one attached hydrogen (secondary N) is 3. The summed E-state index contributed by atoms with van der Waals surface area (Å²) in [6.45, 7) is 4.57. The lowest BCUT2D eigenvalue weighted by Gasteiger charge is -2.24. The molecule has 1 heterocycles. The number of sulfonamides is 1. The Bertz CT molecular complexity index is 1410. The molecule has 3 N–H and O–H groups in total. The molecule has 2 aromatic carbocycles. The molecule has 4 rings (SSSR count). The average molecular weight is 594 g/mol. The van der Waals surface area contributed by atoms with Crippen LogP contribution in [0.25, 0.3) is 10.1 Å². The first-order chi connectivity index (χ1) is 18.5. The second-order valence-corrected chi connectivity index (χ2v) is 13.7. The zero-order valence-electron chi connectivity index (χ0n) is 21.9. The topological polar surface area (TPSA) is 104 Å². The molecule has 1 aliphatic carbocycles. The van der Waals surface area contributed by atoms with Crippen molar-refractivity contribution in [2.45, 2.75) is 50.5 Å². The normalized spacial score (nSPS) is 18.4. The number of hydrogen-bond acceptors (Lipinski definition) is 5. The van der Waals surface area contributed by atoms with Gasteiger partial charge >= 0.3 is 0 Å². The lowest BCUT2D eigenvalue weighted by atomic mass is 9.96. The summed E-state index contributed by atoms with van der Waals surface area (Å²) >= 11 is 7.34. The molecule has 210 valence electrons. The van der Waals surface area contributed by atoms with Crippen molar-refractivity contribution in [2.24, 2.45) is 17.8 Å². The van der Waals surface area contributed by atoms with Crippen molar-refractivity contribution < 1.29 is 22.4 Å². The van der Waals surface area contributed by atoms with Crippen LogP contribution < -0.4 is 15.4 Å². The minimum atomic E-state index is -3.91. The fourth-order valence-corrected chi connectivity index (χ4v) is 7.61. The molecule has 0 radical (unpaired) electrons. The third kappa shape index (κ3) is 7.57. The van der Waals surface area contributed by atoms with Gasteiger partial charge in [0.2, 0.25) is 15.9 Å². The van der Waals surface area contributed by atoms with Crippen LogP contribution >= 0.6 is 22.9 Å². The smallest absolute Gasteiger partial charge is 0.262 e. The summed E-state index contributed by atoms with van der Waals surface area (Å²) in [5.74, 6) is -0.835. The Morgan fingerprint density at radius 3 is 2.49 bits per heavy atom. The van der Waals surface area contributed by atoms with Crippen LogP contribution in [0.5, 0.6) is 0 Å². The Hall–Kier alpha value is -2.53. The Kier molecular flexibility index (Phi) is 9.64. The average Bonchev–Trinajstić information content (AvgIpc) is 3.52. The molecule has 0 spiro atoms. The summed E-state index contributed by atoms with van der Waals surface area (Å²) in [5.41, 5.74) is 0. The van der Waals surface area contributed by atoms with Crippen molar-refractivity contribution in [1.82, 2.24) is 15.4 Å². The lowest BCUT2D eigenvalue weighted by Crippen LogP contribution is -2.48. The molecule has 7 nitrogen and oxygen atoms in total. The molecule has 3 atom stereocenters. The second-order valence-electron chi connectivity index (χ2n) is 10.4. The standard InChI is InChI=1S/C28H33ClFN3O4S2/c1-17(2)12-23(33-28(35)25-13-18-6-3-4-9-24(18)38-25)27(34)31-15-19-7-5-8-20(19)16-32-39(36,37)26-11-10-21(30)14-22(26)29/h3-4,6,9-11,13-14,17,19-20,23,32H,5,7-8,12,15-16H2,1-2H3,(H,31,34)(H,33,35)/t19-,20-,23-/m0/s1. The van der Waals surface area contributed by atoms with Gasteiger partial charge in [0.1, 0.15) is 16.8 Å². The summed E-state index contributed by atoms with van der Waals surface area (Å²) in [7, 11) is -3.91. The molecule has 1 fully saturated rings. The van der Waals surface area contributed by atoms with Gasteiger partial charge in [-0.1, -0.05) is 50.1 Å². The van der Waals surface area contributed by atoms with E-state index in [0.29, 0.717) is 17.8 Å². The highest BCUT2D eigenvalue weighted by Crippen LogP contribution is 2.32. The van der Waals surface area contributed by atoms with Gasteiger partial charge in [0.15, 0.2) is 0 Å². The van der Waals surface area contributed by atoms with E-state index in [1.165, 1.54) is 11.3 Å². The molecule has 11 heteroatoms. The van der Waals surface area contributed by atoms with Crippen LogP contribution in [0.1, 0.15) is 49.2 Å². The number of fused-ring (bicyclic) bond motifs is 1. The highest BCUT2D eigenvalue weighted by atomic mass is 35.5. The van der Waals surface area contributed by atoms with Gasteiger partial charge in [-0.3, -0.25) is 9.59 Å². The van der Waals surface area contributed by atoms with Gasteiger partial charge in [-0.25, -0.2) is 17.5 Å². The Balaban J connectivity index is 1.34. The van der Waals surface area contributed by atoms with Crippen molar-refractivity contribution in [3.05, 3.63) is 64.2 Å². The van der Waals surface area contributed by atoms with Crippen LogP contribution in [0.3, 0.4) is 0 Å². The third-order valence-electron chi connectivity index (χ3n) is 7.05. The summed E-state index contributed by atoms with van der Waals surface area (Å²) in [6.07, 6.45) is 3.09. The van der Waals surface area contributed by atoms with Crippen molar-refractivity contribution in [2.75, 3.05) is 13.1 Å². The van der Waals surface area contributed by atoms with Gasteiger partial charge in [0.25, 0.3) is 5.91 Å². The van der Waals surface area contributed by atoms with Crippen molar-refractivity contribution in [3.63, 3.8) is 0 Å². The Morgan fingerprint density at radius 2 is 1.79 bits per heavy atom. The fraction of sp³-hybridized carbons (Fsp3) is 0.429. The summed E-state index contributed by atoms with van der Waals surface area (Å²) in [6, 6.07) is 12.1. The molecular formula is C28H33ClFN3O4S2. The first-order valence-corrected chi connectivity index (χ1v) is 15.7. The maximum absolute atomic E-state index is 13.3. The zero-order chi connectivity index (χ0) is 28.2. The van der Waals surface area contributed by atoms with E-state index in [2.05, 4.69) is 15.4 Å². The van der Waals surface area contributed by atoms with Crippen molar-refractivity contribution >= 4 is 54.9 Å². The Labute approximate surface area is 237 Å². The van der Waals surface area contributed by atoms with E-state index in [9.17, 15) is 22.4 Å². The van der Waals surface area contributed by atoms with Gasteiger partial charge in [0.05, 0.1) is 9.90 Å². The maximum Gasteiger partial charge on any atom is 0.262 e. The largest absolute Gasteiger partial charge is 0.354 e. The summed E-state index contributed by atoms with van der Waals surface area (Å²) < 4.78 is 42.4. The maximum atomic E-state index is 13.3. The van der Waals surface area contributed by atoms with E-state index in [1.54, 1.807) is 0 Å². The molecule has 1 saturated carbocycles. The number of rotatable bonds is 11. The number of amides is 2. The van der Waals surface area contributed by atoms with Gasteiger partial charge in [-0.15, -0.1) is 11.3 Å². The van der Waals surface area contributed by atoms with Crippen LogP contribution in [-0.4, -0.2) is 39.4 Å². The van der Waals surface area contributed by atoms with Gasteiger partial charge in [-0.05, 0) is 72.7 Å². The minimum Gasteiger partial charge on any atom is -0.354 e. The molecule has 39 heavy (non-hydrogen) atoms. The number of halogens is 2. The predicted molar refractivity (Wildman–Crippen MR) is 153 cm³/mol. The first-order valence-electron chi connectivity index (χ1n) is 13.1. The van der Waals surface area contributed by atoms with E-state index in [-0.39, 0.29) is 46.0 Å². The number of carbonyl (C=O) groups is 2. The number of benzene rings is 2. The monoisotopic (exact) mass is 593 g/mol. The van der Waals surface area contributed by atoms with Crippen LogP contribution in [-0.2, 0) is 14.8 Å². The summed E-state index contributed by atoms with van der Waals surface area (Å²) in [4.78, 5) is 26.5.